The number of hydrogen-bond acceptors (Lipinski definition) is 3. The van der Waals surface area contributed by atoms with Gasteiger partial charge in [0.2, 0.25) is 0 Å². The van der Waals surface area contributed by atoms with Crippen LogP contribution < -0.4 is 0 Å². The van der Waals surface area contributed by atoms with Crippen molar-refractivity contribution in [3.8, 4) is 5.75 Å². The molecule has 3 atom stereocenters. The highest BCUT2D eigenvalue weighted by atomic mass is 16.4. The van der Waals surface area contributed by atoms with Gasteiger partial charge in [-0.15, -0.1) is 0 Å². The molecule has 1 aromatic rings. The third-order valence-electron chi connectivity index (χ3n) is 3.81. The largest absolute Gasteiger partial charge is 0.508 e. The predicted molar refractivity (Wildman–Crippen MR) is 55.8 cm³/mol. The number of phenols is 1. The molecule has 0 radical (unpaired) electrons. The summed E-state index contributed by atoms with van der Waals surface area (Å²) >= 11 is 0. The van der Waals surface area contributed by atoms with Crippen molar-refractivity contribution < 1.29 is 20.1 Å². The van der Waals surface area contributed by atoms with E-state index in [4.69, 9.17) is 5.11 Å². The zero-order valence-corrected chi connectivity index (χ0v) is 8.55. The number of aromatic carboxylic acids is 1. The zero-order chi connectivity index (χ0) is 11.4. The SMILES string of the molecule is O=C(O)c1cc(O)cc2c1C1CCC2C1O. The average Bonchev–Trinajstić information content (AvgIpc) is 2.71. The Morgan fingerprint density at radius 1 is 1.25 bits per heavy atom. The van der Waals surface area contributed by atoms with Crippen LogP contribution in [0.4, 0.5) is 0 Å². The van der Waals surface area contributed by atoms with Crippen LogP contribution in [0.15, 0.2) is 12.1 Å². The van der Waals surface area contributed by atoms with Gasteiger partial charge in [-0.25, -0.2) is 4.79 Å². The van der Waals surface area contributed by atoms with Gasteiger partial charge in [0.1, 0.15) is 5.75 Å². The third kappa shape index (κ3) is 1.05. The van der Waals surface area contributed by atoms with Crippen LogP contribution in [0.25, 0.3) is 0 Å². The summed E-state index contributed by atoms with van der Waals surface area (Å²) in [5, 5.41) is 28.6. The molecule has 2 aliphatic rings. The zero-order valence-electron chi connectivity index (χ0n) is 8.55. The molecule has 16 heavy (non-hydrogen) atoms. The summed E-state index contributed by atoms with van der Waals surface area (Å²) in [6.45, 7) is 0. The first kappa shape index (κ1) is 9.66. The molecular weight excluding hydrogens is 208 g/mol. The molecule has 3 unspecified atom stereocenters. The summed E-state index contributed by atoms with van der Waals surface area (Å²) in [6, 6.07) is 2.86. The van der Waals surface area contributed by atoms with Crippen LogP contribution in [0.3, 0.4) is 0 Å². The second kappa shape index (κ2) is 2.98. The molecule has 4 heteroatoms. The lowest BCUT2D eigenvalue weighted by Gasteiger charge is -2.16. The lowest BCUT2D eigenvalue weighted by molar-refractivity contribution is 0.0694. The lowest BCUT2D eigenvalue weighted by atomic mass is 9.88. The van der Waals surface area contributed by atoms with E-state index in [9.17, 15) is 15.0 Å². The van der Waals surface area contributed by atoms with Crippen LogP contribution in [0.1, 0.15) is 46.2 Å². The summed E-state index contributed by atoms with van der Waals surface area (Å²) in [5.74, 6) is -1.13. The first-order chi connectivity index (χ1) is 7.59. The number of aliphatic hydroxyl groups is 1. The van der Waals surface area contributed by atoms with Gasteiger partial charge in [0.15, 0.2) is 0 Å². The fourth-order valence-electron chi connectivity index (χ4n) is 3.19. The number of fused-ring (bicyclic) bond motifs is 5. The lowest BCUT2D eigenvalue weighted by Crippen LogP contribution is -2.10. The highest BCUT2D eigenvalue weighted by Crippen LogP contribution is 2.54. The number of aliphatic hydroxyl groups excluding tert-OH is 1. The number of carboxylic acid groups (broad SMARTS) is 1. The number of carboxylic acids is 1. The fourth-order valence-corrected chi connectivity index (χ4v) is 3.19. The number of phenolic OH excluding ortho intramolecular Hbond substituents is 1. The van der Waals surface area contributed by atoms with Crippen LogP contribution in [-0.4, -0.2) is 27.4 Å². The summed E-state index contributed by atoms with van der Waals surface area (Å²) < 4.78 is 0. The number of benzene rings is 1. The molecule has 1 fully saturated rings. The van der Waals surface area contributed by atoms with Gasteiger partial charge < -0.3 is 15.3 Å². The Bertz CT molecular complexity index is 480. The standard InChI is InChI=1S/C12H12O4/c13-5-3-8-6-1-2-7(11(6)14)10(8)9(4-5)12(15)16/h3-4,6-7,11,13-14H,1-2H2,(H,15,16). The fraction of sp³-hybridized carbons (Fsp3) is 0.417. The molecule has 0 aromatic heterocycles. The maximum atomic E-state index is 11.1. The molecule has 0 spiro atoms. The van der Waals surface area contributed by atoms with Crippen LogP contribution in [-0.2, 0) is 0 Å². The van der Waals surface area contributed by atoms with Gasteiger partial charge in [-0.3, -0.25) is 0 Å². The van der Waals surface area contributed by atoms with Gasteiger partial charge in [0.05, 0.1) is 11.7 Å². The molecule has 4 nitrogen and oxygen atoms in total. The molecule has 0 amide bonds. The van der Waals surface area contributed by atoms with Crippen molar-refractivity contribution in [3.63, 3.8) is 0 Å². The number of rotatable bonds is 1. The number of carbonyl (C=O) groups is 1. The first-order valence-corrected chi connectivity index (χ1v) is 5.37. The summed E-state index contributed by atoms with van der Waals surface area (Å²) in [7, 11) is 0. The van der Waals surface area contributed by atoms with Crippen LogP contribution in [0, 0.1) is 0 Å². The minimum atomic E-state index is -1.04. The molecule has 0 saturated heterocycles. The van der Waals surface area contributed by atoms with Crippen molar-refractivity contribution in [1.82, 2.24) is 0 Å². The maximum Gasteiger partial charge on any atom is 0.336 e. The molecule has 1 saturated carbocycles. The van der Waals surface area contributed by atoms with E-state index < -0.39 is 12.1 Å². The van der Waals surface area contributed by atoms with Gasteiger partial charge in [-0.1, -0.05) is 0 Å². The van der Waals surface area contributed by atoms with E-state index in [0.29, 0.717) is 0 Å². The van der Waals surface area contributed by atoms with E-state index in [1.807, 2.05) is 0 Å². The van der Waals surface area contributed by atoms with E-state index in [1.165, 1.54) is 6.07 Å². The Morgan fingerprint density at radius 3 is 2.62 bits per heavy atom. The molecule has 3 N–H and O–H groups in total. The smallest absolute Gasteiger partial charge is 0.336 e. The van der Waals surface area contributed by atoms with Gasteiger partial charge >= 0.3 is 5.97 Å². The second-order valence-corrected chi connectivity index (χ2v) is 4.58. The molecule has 84 valence electrons. The second-order valence-electron chi connectivity index (χ2n) is 4.58. The summed E-state index contributed by atoms with van der Waals surface area (Å²) in [5.41, 5.74) is 1.69. The van der Waals surface area contributed by atoms with E-state index in [1.54, 1.807) is 6.07 Å². The van der Waals surface area contributed by atoms with Gasteiger partial charge in [-0.05, 0) is 36.1 Å². The predicted octanol–water partition coefficient (Wildman–Crippen LogP) is 1.43. The van der Waals surface area contributed by atoms with Crippen molar-refractivity contribution in [2.45, 2.75) is 30.8 Å². The molecule has 3 rings (SSSR count). The molecule has 0 heterocycles. The molecule has 1 aromatic carbocycles. The maximum absolute atomic E-state index is 11.1. The first-order valence-electron chi connectivity index (χ1n) is 5.37. The van der Waals surface area contributed by atoms with Gasteiger partial charge in [-0.2, -0.15) is 0 Å². The Balaban J connectivity index is 2.26. The Kier molecular flexibility index (Phi) is 1.80. The average molecular weight is 220 g/mol. The van der Waals surface area contributed by atoms with E-state index in [-0.39, 0.29) is 23.1 Å². The highest BCUT2D eigenvalue weighted by molar-refractivity contribution is 5.91. The van der Waals surface area contributed by atoms with Crippen LogP contribution in [0.5, 0.6) is 5.75 Å². The van der Waals surface area contributed by atoms with Crippen molar-refractivity contribution in [2.75, 3.05) is 0 Å². The number of aromatic hydroxyl groups is 1. The topological polar surface area (TPSA) is 77.8 Å². The van der Waals surface area contributed by atoms with Crippen molar-refractivity contribution in [1.29, 1.82) is 0 Å². The van der Waals surface area contributed by atoms with Crippen molar-refractivity contribution in [3.05, 3.63) is 28.8 Å². The van der Waals surface area contributed by atoms with E-state index >= 15 is 0 Å². The number of hydrogen-bond donors (Lipinski definition) is 3. The van der Waals surface area contributed by atoms with Crippen molar-refractivity contribution in [2.24, 2.45) is 0 Å². The Labute approximate surface area is 92.2 Å². The minimum Gasteiger partial charge on any atom is -0.508 e. The summed E-state index contributed by atoms with van der Waals surface area (Å²) in [6.07, 6.45) is 1.24. The normalized spacial score (nSPS) is 30.4. The van der Waals surface area contributed by atoms with E-state index in [0.717, 1.165) is 24.0 Å². The summed E-state index contributed by atoms with van der Waals surface area (Å²) in [4.78, 5) is 11.1. The molecule has 0 aliphatic heterocycles. The minimum absolute atomic E-state index is 0.00481. The van der Waals surface area contributed by atoms with Crippen LogP contribution in [0.2, 0.25) is 0 Å². The molecule has 2 bridgehead atoms. The Hall–Kier alpha value is -1.55. The molecule has 2 aliphatic carbocycles. The third-order valence-corrected chi connectivity index (χ3v) is 3.81. The van der Waals surface area contributed by atoms with Gasteiger partial charge in [0, 0.05) is 11.8 Å². The quantitative estimate of drug-likeness (QED) is 0.669. The van der Waals surface area contributed by atoms with Crippen LogP contribution >= 0.6 is 0 Å². The van der Waals surface area contributed by atoms with Crippen molar-refractivity contribution >= 4 is 5.97 Å². The Morgan fingerprint density at radius 2 is 1.94 bits per heavy atom. The monoisotopic (exact) mass is 220 g/mol. The van der Waals surface area contributed by atoms with Gasteiger partial charge in [0.25, 0.3) is 0 Å². The van der Waals surface area contributed by atoms with E-state index in [2.05, 4.69) is 0 Å². The molecular formula is C12H12O4. The highest BCUT2D eigenvalue weighted by Gasteiger charge is 2.47.